The average molecular weight is 305 g/mol. The number of rotatable bonds is 8. The molecule has 2 N–H and O–H groups in total. The topological polar surface area (TPSA) is 32.3 Å². The second-order valence-corrected chi connectivity index (χ2v) is 5.33. The van der Waals surface area contributed by atoms with Gasteiger partial charge in [0.05, 0.1) is 0 Å². The number of hydrogen-bond acceptors (Lipinski definition) is 2. The number of aliphatic hydroxyl groups excluding tert-OH is 1. The van der Waals surface area contributed by atoms with Crippen LogP contribution in [0.2, 0.25) is 0 Å². The van der Waals surface area contributed by atoms with Crippen molar-refractivity contribution in [2.75, 3.05) is 18.5 Å². The van der Waals surface area contributed by atoms with Crippen LogP contribution in [-0.2, 0) is 12.8 Å². The normalized spacial score (nSPS) is 10.7. The minimum absolute atomic E-state index is 0.224. The van der Waals surface area contributed by atoms with Crippen LogP contribution in [0.25, 0.3) is 0 Å². The van der Waals surface area contributed by atoms with Gasteiger partial charge in [0.25, 0.3) is 0 Å². The Hall–Kier alpha value is -1.94. The van der Waals surface area contributed by atoms with E-state index >= 15 is 0 Å². The Kier molecular flexibility index (Phi) is 6.34. The first-order valence-corrected chi connectivity index (χ1v) is 7.56. The number of anilines is 1. The first-order valence-electron chi connectivity index (χ1n) is 7.56. The number of aryl methyl sites for hydroxylation is 2. The smallest absolute Gasteiger partial charge is 0.126 e. The van der Waals surface area contributed by atoms with Gasteiger partial charge in [-0.3, -0.25) is 0 Å². The van der Waals surface area contributed by atoms with Gasteiger partial charge < -0.3 is 10.4 Å². The molecule has 0 heterocycles. The fourth-order valence-corrected chi connectivity index (χ4v) is 2.30. The lowest BCUT2D eigenvalue weighted by Gasteiger charge is -2.07. The largest absolute Gasteiger partial charge is 0.396 e. The van der Waals surface area contributed by atoms with Crippen molar-refractivity contribution in [1.82, 2.24) is 0 Å². The van der Waals surface area contributed by atoms with E-state index in [-0.39, 0.29) is 6.61 Å². The summed E-state index contributed by atoms with van der Waals surface area (Å²) in [6.07, 6.45) is 3.09. The fourth-order valence-electron chi connectivity index (χ4n) is 2.30. The van der Waals surface area contributed by atoms with Crippen molar-refractivity contribution in [2.24, 2.45) is 0 Å². The van der Waals surface area contributed by atoms with Crippen LogP contribution < -0.4 is 5.32 Å². The summed E-state index contributed by atoms with van der Waals surface area (Å²) in [5, 5.41) is 12.0. The van der Waals surface area contributed by atoms with Gasteiger partial charge in [0.2, 0.25) is 0 Å². The van der Waals surface area contributed by atoms with E-state index in [0.29, 0.717) is 12.0 Å². The van der Waals surface area contributed by atoms with Gasteiger partial charge in [-0.2, -0.15) is 0 Å². The maximum atomic E-state index is 13.1. The second-order valence-electron chi connectivity index (χ2n) is 5.33. The number of halogens is 2. The number of unbranched alkanes of at least 4 members (excludes halogenated alkanes) is 1. The van der Waals surface area contributed by atoms with Crippen molar-refractivity contribution in [3.05, 3.63) is 65.2 Å². The summed E-state index contributed by atoms with van der Waals surface area (Å²) in [5.41, 5.74) is 2.84. The van der Waals surface area contributed by atoms with Crippen LogP contribution in [0.15, 0.2) is 42.5 Å². The predicted molar refractivity (Wildman–Crippen MR) is 85.0 cm³/mol. The van der Waals surface area contributed by atoms with Crippen molar-refractivity contribution in [1.29, 1.82) is 0 Å². The molecule has 4 heteroatoms. The second kappa shape index (κ2) is 8.49. The summed E-state index contributed by atoms with van der Waals surface area (Å²) in [7, 11) is 0. The van der Waals surface area contributed by atoms with Gasteiger partial charge in [-0.15, -0.1) is 0 Å². The van der Waals surface area contributed by atoms with Crippen molar-refractivity contribution in [3.63, 3.8) is 0 Å². The van der Waals surface area contributed by atoms with Crippen LogP contribution in [0.4, 0.5) is 14.5 Å². The predicted octanol–water partition coefficient (Wildman–Crippen LogP) is 3.93. The third-order valence-electron chi connectivity index (χ3n) is 3.49. The summed E-state index contributed by atoms with van der Waals surface area (Å²) in [6.45, 7) is 1.06. The van der Waals surface area contributed by atoms with Gasteiger partial charge in [0.1, 0.15) is 11.6 Å². The molecule has 0 spiro atoms. The average Bonchev–Trinajstić information content (AvgIpc) is 2.50. The molecule has 0 aromatic heterocycles. The van der Waals surface area contributed by atoms with E-state index in [4.69, 9.17) is 5.11 Å². The molecule has 2 nitrogen and oxygen atoms in total. The molecule has 0 amide bonds. The SMILES string of the molecule is OCCCCNc1ccc(CCc2cc(F)cc(F)c2)cc1. The van der Waals surface area contributed by atoms with Crippen molar-refractivity contribution >= 4 is 5.69 Å². The highest BCUT2D eigenvalue weighted by Gasteiger charge is 2.02. The highest BCUT2D eigenvalue weighted by molar-refractivity contribution is 5.44. The third-order valence-corrected chi connectivity index (χ3v) is 3.49. The Bertz CT molecular complexity index is 564. The summed E-state index contributed by atoms with van der Waals surface area (Å²) < 4.78 is 26.2. The Morgan fingerprint density at radius 2 is 1.45 bits per heavy atom. The summed E-state index contributed by atoms with van der Waals surface area (Å²) in [6, 6.07) is 11.7. The number of nitrogens with one attached hydrogen (secondary N) is 1. The maximum Gasteiger partial charge on any atom is 0.126 e. The Morgan fingerprint density at radius 1 is 0.818 bits per heavy atom. The van der Waals surface area contributed by atoms with Gasteiger partial charge in [-0.05, 0) is 61.1 Å². The zero-order chi connectivity index (χ0) is 15.8. The minimum Gasteiger partial charge on any atom is -0.396 e. The number of hydrogen-bond donors (Lipinski definition) is 2. The van der Waals surface area contributed by atoms with Crippen LogP contribution in [0.5, 0.6) is 0 Å². The van der Waals surface area contributed by atoms with Crippen LogP contribution in [-0.4, -0.2) is 18.3 Å². The maximum absolute atomic E-state index is 13.1. The Morgan fingerprint density at radius 3 is 2.09 bits per heavy atom. The summed E-state index contributed by atoms with van der Waals surface area (Å²) in [4.78, 5) is 0. The number of aliphatic hydroxyl groups is 1. The van der Waals surface area contributed by atoms with E-state index in [2.05, 4.69) is 5.32 Å². The van der Waals surface area contributed by atoms with Crippen molar-refractivity contribution in [3.8, 4) is 0 Å². The first kappa shape index (κ1) is 16.4. The molecule has 2 aromatic carbocycles. The third kappa shape index (κ3) is 5.45. The molecule has 0 bridgehead atoms. The molecular weight excluding hydrogens is 284 g/mol. The molecule has 0 atom stereocenters. The van der Waals surface area contributed by atoms with Gasteiger partial charge in [0.15, 0.2) is 0 Å². The molecule has 2 rings (SSSR count). The van der Waals surface area contributed by atoms with Crippen molar-refractivity contribution < 1.29 is 13.9 Å². The van der Waals surface area contributed by atoms with E-state index < -0.39 is 11.6 Å². The van der Waals surface area contributed by atoms with E-state index in [1.807, 2.05) is 24.3 Å². The van der Waals surface area contributed by atoms with Crippen molar-refractivity contribution in [2.45, 2.75) is 25.7 Å². The van der Waals surface area contributed by atoms with Gasteiger partial charge in [0, 0.05) is 24.9 Å². The molecular formula is C18H21F2NO. The molecule has 0 saturated carbocycles. The monoisotopic (exact) mass is 305 g/mol. The molecule has 2 aromatic rings. The van der Waals surface area contributed by atoms with Crippen LogP contribution in [0.1, 0.15) is 24.0 Å². The molecule has 0 aliphatic carbocycles. The first-order chi connectivity index (χ1) is 10.7. The van der Waals surface area contributed by atoms with Gasteiger partial charge in [-0.1, -0.05) is 12.1 Å². The lowest BCUT2D eigenvalue weighted by Crippen LogP contribution is -2.02. The molecule has 118 valence electrons. The quantitative estimate of drug-likeness (QED) is 0.724. The van der Waals surface area contributed by atoms with E-state index in [1.165, 1.54) is 12.1 Å². The van der Waals surface area contributed by atoms with Crippen LogP contribution in [0.3, 0.4) is 0 Å². The molecule has 0 fully saturated rings. The molecule has 0 unspecified atom stereocenters. The van der Waals surface area contributed by atoms with Crippen LogP contribution >= 0.6 is 0 Å². The van der Waals surface area contributed by atoms with Gasteiger partial charge in [-0.25, -0.2) is 8.78 Å². The highest BCUT2D eigenvalue weighted by Crippen LogP contribution is 2.14. The van der Waals surface area contributed by atoms with Crippen LogP contribution in [0, 0.1) is 11.6 Å². The zero-order valence-corrected chi connectivity index (χ0v) is 12.5. The highest BCUT2D eigenvalue weighted by atomic mass is 19.1. The lowest BCUT2D eigenvalue weighted by atomic mass is 10.0. The fraction of sp³-hybridized carbons (Fsp3) is 0.333. The molecule has 0 saturated heterocycles. The Balaban J connectivity index is 1.83. The van der Waals surface area contributed by atoms with E-state index in [9.17, 15) is 8.78 Å². The summed E-state index contributed by atoms with van der Waals surface area (Å²) in [5.74, 6) is -1.06. The molecule has 0 aliphatic rings. The lowest BCUT2D eigenvalue weighted by molar-refractivity contribution is 0.286. The van der Waals surface area contributed by atoms with E-state index in [1.54, 1.807) is 0 Å². The standard InChI is InChI=1S/C18H21F2NO/c19-16-11-15(12-17(20)13-16)4-3-14-5-7-18(8-6-14)21-9-1-2-10-22/h5-8,11-13,21-22H,1-4,9-10H2. The zero-order valence-electron chi connectivity index (χ0n) is 12.5. The number of benzene rings is 2. The van der Waals surface area contributed by atoms with Gasteiger partial charge >= 0.3 is 0 Å². The summed E-state index contributed by atoms with van der Waals surface area (Å²) >= 11 is 0. The minimum atomic E-state index is -0.530. The molecule has 0 radical (unpaired) electrons. The molecule has 0 aliphatic heterocycles. The Labute approximate surface area is 129 Å². The molecule has 22 heavy (non-hydrogen) atoms. The van der Waals surface area contributed by atoms with E-state index in [0.717, 1.165) is 43.1 Å².